The number of urea groups is 1. The summed E-state index contributed by atoms with van der Waals surface area (Å²) in [4.78, 5) is 26.8. The molecule has 1 fully saturated rings. The van der Waals surface area contributed by atoms with Gasteiger partial charge in [-0.25, -0.2) is 4.79 Å². The second-order valence-electron chi connectivity index (χ2n) is 5.70. The molecule has 6 nitrogen and oxygen atoms in total. The quantitative estimate of drug-likeness (QED) is 0.722. The van der Waals surface area contributed by atoms with Crippen molar-refractivity contribution in [3.8, 4) is 0 Å². The molecule has 126 valence electrons. The highest BCUT2D eigenvalue weighted by atomic mass is 35.5. The molecule has 0 unspecified atom stereocenters. The number of hydrogen-bond donors (Lipinski definition) is 3. The Kier molecular flexibility index (Phi) is 6.67. The lowest BCUT2D eigenvalue weighted by Crippen LogP contribution is -3.16. The van der Waals surface area contributed by atoms with Gasteiger partial charge in [0.1, 0.15) is 0 Å². The smallest absolute Gasteiger partial charge is 0.321 e. The van der Waals surface area contributed by atoms with Crippen LogP contribution >= 0.6 is 11.6 Å². The molecular formula is C16H24ClN4O2+. The van der Waals surface area contributed by atoms with E-state index in [0.717, 1.165) is 43.3 Å². The average molecular weight is 340 g/mol. The molecular weight excluding hydrogens is 316 g/mol. The maximum atomic E-state index is 11.9. The summed E-state index contributed by atoms with van der Waals surface area (Å²) in [5, 5.41) is 5.74. The summed E-state index contributed by atoms with van der Waals surface area (Å²) in [6, 6.07) is 7.40. The Morgan fingerprint density at radius 1 is 1.30 bits per heavy atom. The van der Waals surface area contributed by atoms with E-state index < -0.39 is 6.03 Å². The predicted octanol–water partition coefficient (Wildman–Crippen LogP) is 0.281. The first kappa shape index (κ1) is 17.6. The normalized spacial score (nSPS) is 15.3. The van der Waals surface area contributed by atoms with Crippen LogP contribution in [-0.2, 0) is 4.79 Å². The molecule has 0 saturated carbocycles. The van der Waals surface area contributed by atoms with E-state index >= 15 is 0 Å². The molecule has 0 bridgehead atoms. The van der Waals surface area contributed by atoms with Crippen LogP contribution in [0.1, 0.15) is 13.3 Å². The number of piperazine rings is 1. The summed E-state index contributed by atoms with van der Waals surface area (Å²) in [6.07, 6.45) is 0.846. The van der Waals surface area contributed by atoms with Crippen molar-refractivity contribution in [3.63, 3.8) is 0 Å². The van der Waals surface area contributed by atoms with Crippen LogP contribution in [-0.4, -0.2) is 51.2 Å². The van der Waals surface area contributed by atoms with E-state index in [4.69, 9.17) is 11.6 Å². The van der Waals surface area contributed by atoms with Gasteiger partial charge in [-0.2, -0.15) is 0 Å². The molecule has 2 rings (SSSR count). The van der Waals surface area contributed by atoms with E-state index in [2.05, 4.69) is 15.5 Å². The van der Waals surface area contributed by atoms with Crippen LogP contribution in [0.4, 0.5) is 10.5 Å². The molecule has 7 heteroatoms. The third-order valence-corrected chi connectivity index (χ3v) is 4.08. The first-order chi connectivity index (χ1) is 11.1. The van der Waals surface area contributed by atoms with Crippen molar-refractivity contribution < 1.29 is 14.5 Å². The number of hydrogen-bond acceptors (Lipinski definition) is 3. The lowest BCUT2D eigenvalue weighted by Gasteiger charge is -2.33. The number of carbonyl (C=O) groups is 2. The number of benzene rings is 1. The summed E-state index contributed by atoms with van der Waals surface area (Å²) in [5.41, 5.74) is 1.11. The third-order valence-electron chi connectivity index (χ3n) is 3.84. The number of amides is 3. The average Bonchev–Trinajstić information content (AvgIpc) is 2.53. The van der Waals surface area contributed by atoms with Crippen molar-refractivity contribution >= 4 is 29.2 Å². The first-order valence-corrected chi connectivity index (χ1v) is 8.38. The number of anilines is 1. The SMILES string of the molecule is CCCNC(=O)NC(=O)C[NH+]1CCN(c2cccc(Cl)c2)CC1. The van der Waals surface area contributed by atoms with Gasteiger partial charge >= 0.3 is 6.03 Å². The van der Waals surface area contributed by atoms with Crippen molar-refractivity contribution in [2.24, 2.45) is 0 Å². The molecule has 0 spiro atoms. The van der Waals surface area contributed by atoms with Crippen molar-refractivity contribution in [1.29, 1.82) is 0 Å². The number of rotatable bonds is 5. The van der Waals surface area contributed by atoms with E-state index in [9.17, 15) is 9.59 Å². The Balaban J connectivity index is 1.74. The van der Waals surface area contributed by atoms with Gasteiger partial charge in [0, 0.05) is 17.3 Å². The van der Waals surface area contributed by atoms with E-state index in [1.54, 1.807) is 0 Å². The summed E-state index contributed by atoms with van der Waals surface area (Å²) in [7, 11) is 0. The molecule has 1 aliphatic heterocycles. The lowest BCUT2D eigenvalue weighted by atomic mass is 10.2. The molecule has 1 aliphatic rings. The fourth-order valence-electron chi connectivity index (χ4n) is 2.61. The van der Waals surface area contributed by atoms with Gasteiger partial charge in [-0.15, -0.1) is 0 Å². The number of imide groups is 1. The van der Waals surface area contributed by atoms with E-state index in [1.165, 1.54) is 4.90 Å². The summed E-state index contributed by atoms with van der Waals surface area (Å²) in [5.74, 6) is -0.232. The van der Waals surface area contributed by atoms with E-state index in [-0.39, 0.29) is 5.91 Å². The van der Waals surface area contributed by atoms with Crippen LogP contribution in [0.3, 0.4) is 0 Å². The van der Waals surface area contributed by atoms with Gasteiger partial charge in [-0.1, -0.05) is 24.6 Å². The van der Waals surface area contributed by atoms with Crippen molar-refractivity contribution in [2.45, 2.75) is 13.3 Å². The lowest BCUT2D eigenvalue weighted by molar-refractivity contribution is -0.892. The number of halogens is 1. The maximum absolute atomic E-state index is 11.9. The second kappa shape index (κ2) is 8.74. The summed E-state index contributed by atoms with van der Waals surface area (Å²) >= 11 is 6.02. The Hall–Kier alpha value is -1.79. The third kappa shape index (κ3) is 5.73. The highest BCUT2D eigenvalue weighted by Crippen LogP contribution is 2.19. The largest absolute Gasteiger partial charge is 0.360 e. The minimum absolute atomic E-state index is 0.232. The maximum Gasteiger partial charge on any atom is 0.321 e. The molecule has 1 aromatic rings. The summed E-state index contributed by atoms with van der Waals surface area (Å²) < 4.78 is 0. The Labute approximate surface area is 141 Å². The predicted molar refractivity (Wildman–Crippen MR) is 91.1 cm³/mol. The van der Waals surface area contributed by atoms with Crippen LogP contribution in [0.25, 0.3) is 0 Å². The Bertz CT molecular complexity index is 545. The van der Waals surface area contributed by atoms with Gasteiger partial charge in [0.2, 0.25) is 0 Å². The highest BCUT2D eigenvalue weighted by molar-refractivity contribution is 6.30. The highest BCUT2D eigenvalue weighted by Gasteiger charge is 2.23. The van der Waals surface area contributed by atoms with Crippen LogP contribution in [0, 0.1) is 0 Å². The second-order valence-corrected chi connectivity index (χ2v) is 6.13. The molecule has 23 heavy (non-hydrogen) atoms. The standard InChI is InChI=1S/C16H23ClN4O2/c1-2-6-18-16(23)19-15(22)12-20-7-9-21(10-8-20)14-5-3-4-13(17)11-14/h3-5,11H,2,6-10,12H2,1H3,(H2,18,19,22,23)/p+1. The van der Waals surface area contributed by atoms with Gasteiger partial charge in [0.15, 0.2) is 6.54 Å². The van der Waals surface area contributed by atoms with Crippen LogP contribution in [0.15, 0.2) is 24.3 Å². The first-order valence-electron chi connectivity index (χ1n) is 8.00. The van der Waals surface area contributed by atoms with Crippen LogP contribution < -0.4 is 20.4 Å². The Morgan fingerprint density at radius 2 is 2.04 bits per heavy atom. The molecule has 3 N–H and O–H groups in total. The number of nitrogens with one attached hydrogen (secondary N) is 3. The Morgan fingerprint density at radius 3 is 2.70 bits per heavy atom. The van der Waals surface area contributed by atoms with E-state index in [1.807, 2.05) is 31.2 Å². The minimum atomic E-state index is -0.409. The van der Waals surface area contributed by atoms with Crippen molar-refractivity contribution in [1.82, 2.24) is 10.6 Å². The van der Waals surface area contributed by atoms with Gasteiger partial charge in [0.05, 0.1) is 26.2 Å². The van der Waals surface area contributed by atoms with Crippen LogP contribution in [0.2, 0.25) is 5.02 Å². The van der Waals surface area contributed by atoms with Gasteiger partial charge in [0.25, 0.3) is 5.91 Å². The van der Waals surface area contributed by atoms with Gasteiger partial charge < -0.3 is 15.1 Å². The molecule has 0 atom stereocenters. The number of carbonyl (C=O) groups excluding carboxylic acids is 2. The monoisotopic (exact) mass is 339 g/mol. The minimum Gasteiger partial charge on any atom is -0.360 e. The zero-order valence-electron chi connectivity index (χ0n) is 13.4. The number of nitrogens with zero attached hydrogens (tertiary/aromatic N) is 1. The van der Waals surface area contributed by atoms with Crippen LogP contribution in [0.5, 0.6) is 0 Å². The van der Waals surface area contributed by atoms with E-state index in [0.29, 0.717) is 13.1 Å². The topological polar surface area (TPSA) is 65.9 Å². The zero-order valence-corrected chi connectivity index (χ0v) is 14.2. The number of quaternary nitrogens is 1. The molecule has 0 radical (unpaired) electrons. The summed E-state index contributed by atoms with van der Waals surface area (Å²) in [6.45, 7) is 6.31. The van der Waals surface area contributed by atoms with Crippen molar-refractivity contribution in [2.75, 3.05) is 44.2 Å². The zero-order chi connectivity index (χ0) is 16.7. The molecule has 0 aliphatic carbocycles. The molecule has 1 heterocycles. The van der Waals surface area contributed by atoms with Gasteiger partial charge in [-0.3, -0.25) is 10.1 Å². The molecule has 3 amide bonds. The molecule has 0 aromatic heterocycles. The molecule has 1 saturated heterocycles. The fraction of sp³-hybridized carbons (Fsp3) is 0.500. The van der Waals surface area contributed by atoms with Gasteiger partial charge in [-0.05, 0) is 24.6 Å². The molecule has 1 aromatic carbocycles. The van der Waals surface area contributed by atoms with Crippen molar-refractivity contribution in [3.05, 3.63) is 29.3 Å². The fourth-order valence-corrected chi connectivity index (χ4v) is 2.80.